The number of rotatable bonds is 4. The van der Waals surface area contributed by atoms with Gasteiger partial charge in [-0.2, -0.15) is 0 Å². The van der Waals surface area contributed by atoms with Crippen LogP contribution >= 0.6 is 0 Å². The normalized spacial score (nSPS) is 19.9. The molecule has 2 amide bonds. The molecule has 0 spiro atoms. The zero-order chi connectivity index (χ0) is 15.2. The molecule has 1 heterocycles. The summed E-state index contributed by atoms with van der Waals surface area (Å²) in [6.07, 6.45) is 3.05. The smallest absolute Gasteiger partial charge is 0.251 e. The summed E-state index contributed by atoms with van der Waals surface area (Å²) in [7, 11) is 0. The van der Waals surface area contributed by atoms with E-state index in [1.807, 2.05) is 17.9 Å². The molecule has 1 aliphatic heterocycles. The molecule has 0 saturated carbocycles. The number of likely N-dealkylation sites (tertiary alicyclic amines) is 1. The minimum absolute atomic E-state index is 0.0247. The first-order valence-electron chi connectivity index (χ1n) is 7.48. The van der Waals surface area contributed by atoms with E-state index in [1.165, 1.54) is 0 Å². The van der Waals surface area contributed by atoms with Gasteiger partial charge >= 0.3 is 0 Å². The van der Waals surface area contributed by atoms with Crippen LogP contribution in [0.3, 0.4) is 0 Å². The van der Waals surface area contributed by atoms with Crippen LogP contribution in [0.5, 0.6) is 0 Å². The largest absolute Gasteiger partial charge is 0.343 e. The van der Waals surface area contributed by atoms with Gasteiger partial charge in [-0.15, -0.1) is 0 Å². The van der Waals surface area contributed by atoms with Gasteiger partial charge in [-0.05, 0) is 38.3 Å². The molecule has 2 rings (SSSR count). The molecule has 3 N–H and O–H groups in total. The Kier molecular flexibility index (Phi) is 5.33. The second-order valence-corrected chi connectivity index (χ2v) is 5.56. The number of nitrogens with two attached hydrogens (primary N) is 1. The van der Waals surface area contributed by atoms with Crippen molar-refractivity contribution < 1.29 is 9.59 Å². The molecule has 114 valence electrons. The molecule has 2 unspecified atom stereocenters. The van der Waals surface area contributed by atoms with Gasteiger partial charge in [-0.25, -0.2) is 0 Å². The van der Waals surface area contributed by atoms with Crippen LogP contribution in [0.1, 0.15) is 36.5 Å². The molecule has 0 aromatic heterocycles. The molecular formula is C16H23N3O2. The Labute approximate surface area is 125 Å². The fourth-order valence-electron chi connectivity index (χ4n) is 2.76. The summed E-state index contributed by atoms with van der Waals surface area (Å²) in [6, 6.07) is 8.94. The third kappa shape index (κ3) is 4.04. The third-order valence-electron chi connectivity index (χ3n) is 3.91. The lowest BCUT2D eigenvalue weighted by Gasteiger charge is -2.38. The molecule has 0 radical (unpaired) electrons. The average Bonchev–Trinajstić information content (AvgIpc) is 2.53. The number of nitrogens with zero attached hydrogens (tertiary/aromatic N) is 1. The molecule has 2 atom stereocenters. The van der Waals surface area contributed by atoms with Crippen molar-refractivity contribution in [2.45, 2.75) is 38.3 Å². The molecule has 1 aliphatic rings. The highest BCUT2D eigenvalue weighted by atomic mass is 16.2. The molecule has 1 saturated heterocycles. The van der Waals surface area contributed by atoms with Crippen LogP contribution in [0.15, 0.2) is 30.3 Å². The monoisotopic (exact) mass is 289 g/mol. The quantitative estimate of drug-likeness (QED) is 0.873. The molecule has 1 fully saturated rings. The van der Waals surface area contributed by atoms with Crippen molar-refractivity contribution >= 4 is 11.8 Å². The minimum atomic E-state index is -0.224. The van der Waals surface area contributed by atoms with E-state index in [9.17, 15) is 9.59 Å². The number of amides is 2. The van der Waals surface area contributed by atoms with Crippen molar-refractivity contribution in [3.8, 4) is 0 Å². The second kappa shape index (κ2) is 7.22. The van der Waals surface area contributed by atoms with E-state index in [4.69, 9.17) is 5.73 Å². The van der Waals surface area contributed by atoms with Gasteiger partial charge in [0.25, 0.3) is 5.91 Å². The van der Waals surface area contributed by atoms with E-state index in [1.54, 1.807) is 24.3 Å². The van der Waals surface area contributed by atoms with Crippen molar-refractivity contribution in [2.24, 2.45) is 5.73 Å². The SMILES string of the molecule is CC(N)C1CCCCN1C(=O)CNC(=O)c1ccccc1. The van der Waals surface area contributed by atoms with Crippen molar-refractivity contribution in [3.05, 3.63) is 35.9 Å². The first kappa shape index (κ1) is 15.5. The lowest BCUT2D eigenvalue weighted by atomic mass is 9.97. The molecule has 5 nitrogen and oxygen atoms in total. The number of nitrogens with one attached hydrogen (secondary N) is 1. The number of hydrogen-bond donors (Lipinski definition) is 2. The maximum Gasteiger partial charge on any atom is 0.251 e. The molecule has 0 bridgehead atoms. The summed E-state index contributed by atoms with van der Waals surface area (Å²) in [6.45, 7) is 2.68. The van der Waals surface area contributed by atoms with Crippen LogP contribution < -0.4 is 11.1 Å². The Morgan fingerprint density at radius 1 is 1.33 bits per heavy atom. The Balaban J connectivity index is 1.90. The number of hydrogen-bond acceptors (Lipinski definition) is 3. The molecule has 21 heavy (non-hydrogen) atoms. The highest BCUT2D eigenvalue weighted by molar-refractivity contribution is 5.96. The summed E-state index contributed by atoms with van der Waals surface area (Å²) >= 11 is 0. The molecule has 1 aromatic carbocycles. The van der Waals surface area contributed by atoms with Crippen LogP contribution in [-0.2, 0) is 4.79 Å². The maximum absolute atomic E-state index is 12.3. The summed E-state index contributed by atoms with van der Waals surface area (Å²) in [5, 5.41) is 2.68. The maximum atomic E-state index is 12.3. The van der Waals surface area contributed by atoms with Crippen LogP contribution in [-0.4, -0.2) is 41.9 Å². The first-order valence-corrected chi connectivity index (χ1v) is 7.48. The number of carbonyl (C=O) groups is 2. The highest BCUT2D eigenvalue weighted by Crippen LogP contribution is 2.18. The van der Waals surface area contributed by atoms with Crippen LogP contribution in [0.4, 0.5) is 0 Å². The van der Waals surface area contributed by atoms with Crippen LogP contribution in [0, 0.1) is 0 Å². The van der Waals surface area contributed by atoms with Gasteiger partial charge in [-0.1, -0.05) is 18.2 Å². The van der Waals surface area contributed by atoms with Crippen LogP contribution in [0.2, 0.25) is 0 Å². The molecule has 1 aromatic rings. The topological polar surface area (TPSA) is 75.4 Å². The first-order chi connectivity index (χ1) is 10.1. The highest BCUT2D eigenvalue weighted by Gasteiger charge is 2.29. The van der Waals surface area contributed by atoms with Crippen molar-refractivity contribution in [1.29, 1.82) is 0 Å². The average molecular weight is 289 g/mol. The Morgan fingerprint density at radius 3 is 2.71 bits per heavy atom. The van der Waals surface area contributed by atoms with E-state index < -0.39 is 0 Å². The van der Waals surface area contributed by atoms with Crippen molar-refractivity contribution in [2.75, 3.05) is 13.1 Å². The van der Waals surface area contributed by atoms with E-state index in [-0.39, 0.29) is 30.4 Å². The predicted octanol–water partition coefficient (Wildman–Crippen LogP) is 1.14. The van der Waals surface area contributed by atoms with Crippen LogP contribution in [0.25, 0.3) is 0 Å². The summed E-state index contributed by atoms with van der Waals surface area (Å²) in [5.41, 5.74) is 6.52. The van der Waals surface area contributed by atoms with Crippen molar-refractivity contribution in [1.82, 2.24) is 10.2 Å². The summed E-state index contributed by atoms with van der Waals surface area (Å²) in [4.78, 5) is 26.1. The Bertz CT molecular complexity index is 488. The van der Waals surface area contributed by atoms with Gasteiger partial charge in [0, 0.05) is 24.2 Å². The fraction of sp³-hybridized carbons (Fsp3) is 0.500. The predicted molar refractivity (Wildman–Crippen MR) is 81.8 cm³/mol. The van der Waals surface area contributed by atoms with Gasteiger partial charge in [0.1, 0.15) is 0 Å². The standard InChI is InChI=1S/C16H23N3O2/c1-12(17)14-9-5-6-10-19(14)15(20)11-18-16(21)13-7-3-2-4-8-13/h2-4,7-8,12,14H,5-6,9-11,17H2,1H3,(H,18,21). The zero-order valence-electron chi connectivity index (χ0n) is 12.4. The fourth-order valence-corrected chi connectivity index (χ4v) is 2.76. The van der Waals surface area contributed by atoms with E-state index in [2.05, 4.69) is 5.32 Å². The minimum Gasteiger partial charge on any atom is -0.343 e. The third-order valence-corrected chi connectivity index (χ3v) is 3.91. The lowest BCUT2D eigenvalue weighted by Crippen LogP contribution is -2.54. The second-order valence-electron chi connectivity index (χ2n) is 5.56. The molecular weight excluding hydrogens is 266 g/mol. The summed E-state index contributed by atoms with van der Waals surface area (Å²) in [5.74, 6) is -0.278. The summed E-state index contributed by atoms with van der Waals surface area (Å²) < 4.78 is 0. The lowest BCUT2D eigenvalue weighted by molar-refractivity contribution is -0.134. The van der Waals surface area contributed by atoms with Gasteiger partial charge in [0.05, 0.1) is 6.54 Å². The van der Waals surface area contributed by atoms with Gasteiger partial charge < -0.3 is 16.0 Å². The Hall–Kier alpha value is -1.88. The van der Waals surface area contributed by atoms with E-state index in [0.29, 0.717) is 5.56 Å². The molecule has 0 aliphatic carbocycles. The van der Waals surface area contributed by atoms with Crippen molar-refractivity contribution in [3.63, 3.8) is 0 Å². The van der Waals surface area contributed by atoms with Gasteiger partial charge in [0.15, 0.2) is 0 Å². The zero-order valence-corrected chi connectivity index (χ0v) is 12.4. The number of carbonyl (C=O) groups excluding carboxylic acids is 2. The van der Waals surface area contributed by atoms with Gasteiger partial charge in [-0.3, -0.25) is 9.59 Å². The van der Waals surface area contributed by atoms with E-state index >= 15 is 0 Å². The van der Waals surface area contributed by atoms with Gasteiger partial charge in [0.2, 0.25) is 5.91 Å². The number of piperidine rings is 1. The molecule has 5 heteroatoms. The van der Waals surface area contributed by atoms with E-state index in [0.717, 1.165) is 25.8 Å². The number of benzene rings is 1. The Morgan fingerprint density at radius 2 is 2.05 bits per heavy atom.